The highest BCUT2D eigenvalue weighted by Crippen LogP contribution is 2.56. The first-order valence-corrected chi connectivity index (χ1v) is 11.4. The highest BCUT2D eigenvalue weighted by atomic mass is 32.2. The zero-order chi connectivity index (χ0) is 21.6. The molecule has 3 aromatic rings. The second kappa shape index (κ2) is 7.58. The first-order valence-electron chi connectivity index (χ1n) is 9.66. The number of thioether (sulfide) groups is 1. The normalized spacial score (nSPS) is 19.2. The standard InChI is InChI=1S/C22H19N3O4S2/c1-28-16-8-7-13(11-17(16)29-2)14-12-30-21(23-14)24-20(27)22-10-9-19(26)25(22)15-5-3-4-6-18(15)31-22/h3-8,11-12H,9-10H2,1-2H3,(H,23,24,27). The number of rotatable bonds is 5. The number of para-hydroxylation sites is 1. The van der Waals surface area contributed by atoms with Crippen molar-refractivity contribution in [2.24, 2.45) is 0 Å². The minimum atomic E-state index is -0.962. The lowest BCUT2D eigenvalue weighted by Gasteiger charge is -2.29. The van der Waals surface area contributed by atoms with Crippen LogP contribution in [0.3, 0.4) is 0 Å². The number of thiazole rings is 1. The second-order valence-electron chi connectivity index (χ2n) is 7.15. The summed E-state index contributed by atoms with van der Waals surface area (Å²) in [5.74, 6) is 0.987. The Labute approximate surface area is 187 Å². The van der Waals surface area contributed by atoms with Crippen LogP contribution < -0.4 is 19.7 Å². The summed E-state index contributed by atoms with van der Waals surface area (Å²) in [5, 5.41) is 5.30. The molecule has 1 N–H and O–H groups in total. The Morgan fingerprint density at radius 3 is 2.77 bits per heavy atom. The lowest BCUT2D eigenvalue weighted by atomic mass is 10.1. The van der Waals surface area contributed by atoms with Crippen molar-refractivity contribution >= 4 is 45.7 Å². The van der Waals surface area contributed by atoms with Gasteiger partial charge in [0.05, 0.1) is 25.6 Å². The third kappa shape index (κ3) is 3.16. The van der Waals surface area contributed by atoms with Crippen LogP contribution in [-0.2, 0) is 9.59 Å². The number of ether oxygens (including phenoxy) is 2. The van der Waals surface area contributed by atoms with E-state index in [2.05, 4.69) is 10.3 Å². The van der Waals surface area contributed by atoms with E-state index in [1.807, 2.05) is 47.8 Å². The second-order valence-corrected chi connectivity index (χ2v) is 9.32. The van der Waals surface area contributed by atoms with Gasteiger partial charge in [0.2, 0.25) is 5.91 Å². The molecule has 2 aromatic carbocycles. The van der Waals surface area contributed by atoms with E-state index in [9.17, 15) is 9.59 Å². The molecule has 1 unspecified atom stereocenters. The van der Waals surface area contributed by atoms with Gasteiger partial charge < -0.3 is 9.47 Å². The molecule has 0 radical (unpaired) electrons. The Balaban J connectivity index is 1.40. The van der Waals surface area contributed by atoms with Gasteiger partial charge in [-0.05, 0) is 36.8 Å². The third-order valence-electron chi connectivity index (χ3n) is 5.43. The summed E-state index contributed by atoms with van der Waals surface area (Å²) in [6.45, 7) is 0. The number of fused-ring (bicyclic) bond motifs is 3. The number of amides is 2. The molecule has 2 aliphatic heterocycles. The van der Waals surface area contributed by atoms with E-state index in [-0.39, 0.29) is 11.8 Å². The van der Waals surface area contributed by atoms with Crippen LogP contribution in [0.1, 0.15) is 12.8 Å². The minimum Gasteiger partial charge on any atom is -0.493 e. The number of hydrogen-bond donors (Lipinski definition) is 1. The highest BCUT2D eigenvalue weighted by Gasteiger charge is 2.57. The van der Waals surface area contributed by atoms with E-state index in [0.29, 0.717) is 29.5 Å². The van der Waals surface area contributed by atoms with E-state index in [1.165, 1.54) is 23.1 Å². The van der Waals surface area contributed by atoms with Gasteiger partial charge in [-0.15, -0.1) is 11.3 Å². The molecule has 1 fully saturated rings. The van der Waals surface area contributed by atoms with Crippen molar-refractivity contribution in [2.75, 3.05) is 24.4 Å². The summed E-state index contributed by atoms with van der Waals surface area (Å²) in [5.41, 5.74) is 2.38. The van der Waals surface area contributed by atoms with Crippen LogP contribution in [0.5, 0.6) is 11.5 Å². The minimum absolute atomic E-state index is 0.0299. The van der Waals surface area contributed by atoms with E-state index < -0.39 is 4.87 Å². The predicted octanol–water partition coefficient (Wildman–Crippen LogP) is 4.39. The fraction of sp³-hybridized carbons (Fsp3) is 0.227. The number of benzene rings is 2. The van der Waals surface area contributed by atoms with Gasteiger partial charge >= 0.3 is 0 Å². The molecular formula is C22H19N3O4S2. The maximum Gasteiger partial charge on any atom is 0.263 e. The molecule has 0 saturated carbocycles. The van der Waals surface area contributed by atoms with Crippen molar-refractivity contribution in [3.63, 3.8) is 0 Å². The van der Waals surface area contributed by atoms with E-state index in [1.54, 1.807) is 19.1 Å². The number of nitrogens with zero attached hydrogens (tertiary/aromatic N) is 2. The third-order valence-corrected chi connectivity index (χ3v) is 7.66. The monoisotopic (exact) mass is 453 g/mol. The predicted molar refractivity (Wildman–Crippen MR) is 121 cm³/mol. The average molecular weight is 454 g/mol. The molecular weight excluding hydrogens is 434 g/mol. The van der Waals surface area contributed by atoms with Crippen molar-refractivity contribution in [1.82, 2.24) is 4.98 Å². The van der Waals surface area contributed by atoms with E-state index in [0.717, 1.165) is 21.8 Å². The van der Waals surface area contributed by atoms with E-state index in [4.69, 9.17) is 9.47 Å². The summed E-state index contributed by atoms with van der Waals surface area (Å²) >= 11 is 2.78. The zero-order valence-electron chi connectivity index (χ0n) is 16.9. The summed E-state index contributed by atoms with van der Waals surface area (Å²) in [6.07, 6.45) is 0.814. The first kappa shape index (κ1) is 19.9. The van der Waals surface area contributed by atoms with Crippen LogP contribution in [-0.4, -0.2) is 35.9 Å². The number of methoxy groups -OCH3 is 2. The SMILES string of the molecule is COc1ccc(-c2csc(NC(=O)C34CCC(=O)N3c3ccccc3S4)n2)cc1OC. The molecule has 1 atom stereocenters. The Morgan fingerprint density at radius 1 is 1.16 bits per heavy atom. The number of carbonyl (C=O) groups excluding carboxylic acids is 2. The summed E-state index contributed by atoms with van der Waals surface area (Å²) in [7, 11) is 3.17. The molecule has 158 valence electrons. The zero-order valence-corrected chi connectivity index (χ0v) is 18.5. The molecule has 31 heavy (non-hydrogen) atoms. The largest absolute Gasteiger partial charge is 0.493 e. The molecule has 7 nitrogen and oxygen atoms in total. The number of aromatic nitrogens is 1. The summed E-state index contributed by atoms with van der Waals surface area (Å²) < 4.78 is 10.6. The molecule has 5 rings (SSSR count). The number of nitrogens with one attached hydrogen (secondary N) is 1. The van der Waals surface area contributed by atoms with Crippen molar-refractivity contribution in [2.45, 2.75) is 22.6 Å². The van der Waals surface area contributed by atoms with Gasteiger partial charge in [-0.1, -0.05) is 23.9 Å². The fourth-order valence-electron chi connectivity index (χ4n) is 3.95. The lowest BCUT2D eigenvalue weighted by molar-refractivity contribution is -0.121. The van der Waals surface area contributed by atoms with Crippen LogP contribution in [0.4, 0.5) is 10.8 Å². The topological polar surface area (TPSA) is 80.8 Å². The Hall–Kier alpha value is -3.04. The molecule has 1 saturated heterocycles. The molecule has 9 heteroatoms. The summed E-state index contributed by atoms with van der Waals surface area (Å²) in [6, 6.07) is 13.2. The molecule has 0 aliphatic carbocycles. The maximum atomic E-state index is 13.4. The van der Waals surface area contributed by atoms with Gasteiger partial charge in [0, 0.05) is 22.3 Å². The average Bonchev–Trinajstić information content (AvgIpc) is 3.48. The van der Waals surface area contributed by atoms with Gasteiger partial charge in [0.25, 0.3) is 5.91 Å². The van der Waals surface area contributed by atoms with Crippen molar-refractivity contribution in [3.8, 4) is 22.8 Å². The maximum absolute atomic E-state index is 13.4. The molecule has 0 spiro atoms. The number of anilines is 2. The van der Waals surface area contributed by atoms with Crippen molar-refractivity contribution in [1.29, 1.82) is 0 Å². The Morgan fingerprint density at radius 2 is 1.97 bits per heavy atom. The molecule has 0 bridgehead atoms. The smallest absolute Gasteiger partial charge is 0.263 e. The van der Waals surface area contributed by atoms with Gasteiger partial charge in [0.1, 0.15) is 0 Å². The van der Waals surface area contributed by atoms with Gasteiger partial charge in [-0.3, -0.25) is 19.8 Å². The molecule has 2 aliphatic rings. The van der Waals surface area contributed by atoms with Gasteiger partial charge in [-0.2, -0.15) is 0 Å². The summed E-state index contributed by atoms with van der Waals surface area (Å²) in [4.78, 5) is 32.1. The molecule has 1 aromatic heterocycles. The van der Waals surface area contributed by atoms with Crippen molar-refractivity contribution < 1.29 is 19.1 Å². The highest BCUT2D eigenvalue weighted by molar-refractivity contribution is 8.02. The van der Waals surface area contributed by atoms with Crippen LogP contribution in [0.15, 0.2) is 52.7 Å². The Bertz CT molecular complexity index is 1200. The van der Waals surface area contributed by atoms with E-state index >= 15 is 0 Å². The fourth-order valence-corrected chi connectivity index (χ4v) is 6.08. The van der Waals surface area contributed by atoms with Gasteiger partial charge in [-0.25, -0.2) is 4.98 Å². The van der Waals surface area contributed by atoms with Gasteiger partial charge in [0.15, 0.2) is 21.5 Å². The quantitative estimate of drug-likeness (QED) is 0.617. The molecule has 3 heterocycles. The number of hydrogen-bond acceptors (Lipinski definition) is 7. The molecule has 2 amide bonds. The first-order chi connectivity index (χ1) is 15.1. The van der Waals surface area contributed by atoms with Crippen molar-refractivity contribution in [3.05, 3.63) is 47.8 Å². The number of carbonyl (C=O) groups is 2. The van der Waals surface area contributed by atoms with Crippen LogP contribution in [0, 0.1) is 0 Å². The van der Waals surface area contributed by atoms with Crippen LogP contribution in [0.25, 0.3) is 11.3 Å². The lowest BCUT2D eigenvalue weighted by Crippen LogP contribution is -2.49. The van der Waals surface area contributed by atoms with Crippen LogP contribution in [0.2, 0.25) is 0 Å². The Kier molecular flexibility index (Phi) is 4.86. The van der Waals surface area contributed by atoms with Crippen LogP contribution >= 0.6 is 23.1 Å².